The van der Waals surface area contributed by atoms with E-state index in [1.54, 1.807) is 25.8 Å². The first-order valence-corrected chi connectivity index (χ1v) is 13.9. The van der Waals surface area contributed by atoms with Gasteiger partial charge in [0, 0.05) is 55.6 Å². The first kappa shape index (κ1) is 26.8. The summed E-state index contributed by atoms with van der Waals surface area (Å²) in [5, 5.41) is 7.30. The Labute approximate surface area is 233 Å². The van der Waals surface area contributed by atoms with E-state index in [9.17, 15) is 4.79 Å². The molecule has 0 unspecified atom stereocenters. The van der Waals surface area contributed by atoms with Gasteiger partial charge in [-0.25, -0.2) is 4.79 Å². The summed E-state index contributed by atoms with van der Waals surface area (Å²) in [6.07, 6.45) is 0.763. The van der Waals surface area contributed by atoms with Gasteiger partial charge in [-0.05, 0) is 66.7 Å². The number of urea groups is 1. The summed E-state index contributed by atoms with van der Waals surface area (Å²) in [5.74, 6) is 2.32. The van der Waals surface area contributed by atoms with Gasteiger partial charge >= 0.3 is 6.03 Å². The van der Waals surface area contributed by atoms with Crippen molar-refractivity contribution in [3.8, 4) is 11.5 Å². The zero-order valence-electron chi connectivity index (χ0n) is 22.9. The van der Waals surface area contributed by atoms with Crippen LogP contribution in [0.2, 0.25) is 0 Å². The molecule has 0 saturated carbocycles. The number of benzene rings is 3. The molecule has 1 aliphatic rings. The number of ether oxygens (including phenoxy) is 2. The smallest absolute Gasteiger partial charge is 0.323 e. The molecule has 4 aromatic rings. The average molecular weight is 546 g/mol. The third-order valence-electron chi connectivity index (χ3n) is 7.30. The van der Waals surface area contributed by atoms with Gasteiger partial charge in [-0.1, -0.05) is 30.3 Å². The molecule has 1 aliphatic heterocycles. The molecule has 1 aromatic heterocycles. The van der Waals surface area contributed by atoms with Crippen molar-refractivity contribution in [2.45, 2.75) is 20.3 Å². The molecule has 3 aromatic carbocycles. The van der Waals surface area contributed by atoms with Crippen molar-refractivity contribution in [1.82, 2.24) is 9.27 Å². The molecule has 5 rings (SSSR count). The average Bonchev–Trinajstić information content (AvgIpc) is 3.38. The number of nitrogens with one attached hydrogen (secondary N) is 2. The fourth-order valence-corrected chi connectivity index (χ4v) is 5.88. The van der Waals surface area contributed by atoms with Crippen molar-refractivity contribution in [3.05, 3.63) is 71.3 Å². The van der Waals surface area contributed by atoms with Crippen LogP contribution >= 0.6 is 11.5 Å². The molecular formula is C30H35N5O3S. The number of fused-ring (bicyclic) bond motifs is 1. The van der Waals surface area contributed by atoms with Crippen LogP contribution < -0.4 is 25.0 Å². The summed E-state index contributed by atoms with van der Waals surface area (Å²) in [6, 6.07) is 17.9. The maximum absolute atomic E-state index is 13.0. The quantitative estimate of drug-likeness (QED) is 0.285. The third-order valence-corrected chi connectivity index (χ3v) is 8.12. The van der Waals surface area contributed by atoms with E-state index in [0.717, 1.165) is 67.3 Å². The molecule has 2 amide bonds. The van der Waals surface area contributed by atoms with E-state index in [-0.39, 0.29) is 6.03 Å². The molecular weight excluding hydrogens is 510 g/mol. The van der Waals surface area contributed by atoms with Gasteiger partial charge in [0.25, 0.3) is 0 Å². The van der Waals surface area contributed by atoms with Crippen LogP contribution in [0.1, 0.15) is 16.7 Å². The summed E-state index contributed by atoms with van der Waals surface area (Å²) in [5.41, 5.74) is 4.56. The highest BCUT2D eigenvalue weighted by Crippen LogP contribution is 2.34. The Morgan fingerprint density at radius 3 is 2.33 bits per heavy atom. The number of aromatic nitrogens is 1. The zero-order valence-corrected chi connectivity index (χ0v) is 23.7. The first-order valence-electron chi connectivity index (χ1n) is 13.2. The standard InChI is InChI=1S/C30H35N5O3S/c1-20-8-7-9-21(2)28(20)32-30(36)31-24-19-26(38-4)25(37-3)18-22(24)12-13-34-14-16-35(17-15-34)29-23-10-5-6-11-27(23)39-33-29/h5-11,18-19H,12-17H2,1-4H3,(H2,31,32,36). The number of piperazine rings is 1. The van der Waals surface area contributed by atoms with E-state index in [0.29, 0.717) is 17.2 Å². The number of para-hydroxylation sites is 1. The summed E-state index contributed by atoms with van der Waals surface area (Å²) in [6.45, 7) is 8.62. The van der Waals surface area contributed by atoms with E-state index < -0.39 is 0 Å². The van der Waals surface area contributed by atoms with Gasteiger partial charge in [-0.3, -0.25) is 4.90 Å². The van der Waals surface area contributed by atoms with Crippen molar-refractivity contribution < 1.29 is 14.3 Å². The highest BCUT2D eigenvalue weighted by molar-refractivity contribution is 7.13. The van der Waals surface area contributed by atoms with Crippen molar-refractivity contribution in [2.75, 3.05) is 62.5 Å². The second-order valence-corrected chi connectivity index (χ2v) is 10.6. The van der Waals surface area contributed by atoms with Gasteiger partial charge in [0.1, 0.15) is 5.82 Å². The van der Waals surface area contributed by atoms with E-state index in [1.165, 1.54) is 10.1 Å². The topological polar surface area (TPSA) is 79.0 Å². The van der Waals surface area contributed by atoms with Crippen molar-refractivity contribution >= 4 is 44.8 Å². The lowest BCUT2D eigenvalue weighted by atomic mass is 10.1. The van der Waals surface area contributed by atoms with Gasteiger partial charge in [0.2, 0.25) is 0 Å². The minimum Gasteiger partial charge on any atom is -0.493 e. The molecule has 1 saturated heterocycles. The van der Waals surface area contributed by atoms with Crippen LogP contribution in [-0.4, -0.2) is 62.2 Å². The SMILES string of the molecule is COc1cc(CCN2CCN(c3nsc4ccccc34)CC2)c(NC(=O)Nc2c(C)cccc2C)cc1OC. The molecule has 0 atom stereocenters. The van der Waals surface area contributed by atoms with Crippen LogP contribution in [-0.2, 0) is 6.42 Å². The molecule has 39 heavy (non-hydrogen) atoms. The largest absolute Gasteiger partial charge is 0.493 e. The molecule has 2 heterocycles. The number of carbonyl (C=O) groups is 1. The summed E-state index contributed by atoms with van der Waals surface area (Å²) < 4.78 is 17.0. The fourth-order valence-electron chi connectivity index (χ4n) is 5.09. The normalized spacial score (nSPS) is 13.9. The monoisotopic (exact) mass is 545 g/mol. The fraction of sp³-hybridized carbons (Fsp3) is 0.333. The lowest BCUT2D eigenvalue weighted by Gasteiger charge is -2.35. The van der Waals surface area contributed by atoms with Crippen molar-refractivity contribution in [2.24, 2.45) is 0 Å². The van der Waals surface area contributed by atoms with Gasteiger partial charge in [0.15, 0.2) is 11.5 Å². The number of hydrogen-bond donors (Lipinski definition) is 2. The highest BCUT2D eigenvalue weighted by Gasteiger charge is 2.22. The number of nitrogens with zero attached hydrogens (tertiary/aromatic N) is 3. The number of anilines is 3. The minimum atomic E-state index is -0.287. The Morgan fingerprint density at radius 1 is 0.923 bits per heavy atom. The van der Waals surface area contributed by atoms with E-state index in [2.05, 4.69) is 44.7 Å². The number of rotatable bonds is 8. The molecule has 204 valence electrons. The lowest BCUT2D eigenvalue weighted by Crippen LogP contribution is -2.47. The van der Waals surface area contributed by atoms with Crippen molar-refractivity contribution in [3.63, 3.8) is 0 Å². The molecule has 0 bridgehead atoms. The summed E-state index contributed by atoms with van der Waals surface area (Å²) in [7, 11) is 3.23. The highest BCUT2D eigenvalue weighted by atomic mass is 32.1. The van der Waals surface area contributed by atoms with Gasteiger partial charge < -0.3 is 25.0 Å². The van der Waals surface area contributed by atoms with Crippen LogP contribution in [0.4, 0.5) is 22.0 Å². The van der Waals surface area contributed by atoms with Gasteiger partial charge in [-0.15, -0.1) is 0 Å². The second-order valence-electron chi connectivity index (χ2n) is 9.79. The van der Waals surface area contributed by atoms with Crippen molar-refractivity contribution in [1.29, 1.82) is 0 Å². The number of amides is 2. The molecule has 8 nitrogen and oxygen atoms in total. The van der Waals surface area contributed by atoms with Crippen LogP contribution in [0.3, 0.4) is 0 Å². The maximum Gasteiger partial charge on any atom is 0.323 e. The predicted octanol–water partition coefficient (Wildman–Crippen LogP) is 5.94. The number of aryl methyl sites for hydroxylation is 2. The number of methoxy groups -OCH3 is 2. The van der Waals surface area contributed by atoms with Gasteiger partial charge in [-0.2, -0.15) is 4.37 Å². The third kappa shape index (κ3) is 5.94. The molecule has 0 radical (unpaired) electrons. The molecule has 1 fully saturated rings. The molecule has 9 heteroatoms. The Hall–Kier alpha value is -3.82. The zero-order chi connectivity index (χ0) is 27.4. The summed E-state index contributed by atoms with van der Waals surface area (Å²) >= 11 is 1.56. The van der Waals surface area contributed by atoms with Crippen LogP contribution in [0.5, 0.6) is 11.5 Å². The minimum absolute atomic E-state index is 0.287. The van der Waals surface area contributed by atoms with Crippen LogP contribution in [0.15, 0.2) is 54.6 Å². The Bertz CT molecular complexity index is 1440. The maximum atomic E-state index is 13.0. The van der Waals surface area contributed by atoms with Crippen LogP contribution in [0, 0.1) is 13.8 Å². The Balaban J connectivity index is 1.26. The molecule has 0 aliphatic carbocycles. The first-order chi connectivity index (χ1) is 19.0. The van der Waals surface area contributed by atoms with Gasteiger partial charge in [0.05, 0.1) is 18.9 Å². The van der Waals surface area contributed by atoms with E-state index in [4.69, 9.17) is 13.8 Å². The van der Waals surface area contributed by atoms with Crippen LogP contribution in [0.25, 0.3) is 10.1 Å². The Kier molecular flexibility index (Phi) is 8.18. The second kappa shape index (κ2) is 11.9. The molecule has 2 N–H and O–H groups in total. The van der Waals surface area contributed by atoms with E-state index >= 15 is 0 Å². The predicted molar refractivity (Wildman–Crippen MR) is 160 cm³/mol. The summed E-state index contributed by atoms with van der Waals surface area (Å²) in [4.78, 5) is 17.9. The van der Waals surface area contributed by atoms with E-state index in [1.807, 2.05) is 44.2 Å². The Morgan fingerprint density at radius 2 is 1.62 bits per heavy atom. The number of carbonyl (C=O) groups excluding carboxylic acids is 1. The number of hydrogen-bond acceptors (Lipinski definition) is 7. The molecule has 0 spiro atoms. The lowest BCUT2D eigenvalue weighted by molar-refractivity contribution is 0.260.